The molecule has 0 atom stereocenters. The number of aromatic nitrogens is 2. The second-order valence-corrected chi connectivity index (χ2v) is 5.33. The summed E-state index contributed by atoms with van der Waals surface area (Å²) in [6.07, 6.45) is 0. The van der Waals surface area contributed by atoms with Gasteiger partial charge in [0.2, 0.25) is 0 Å². The molecule has 1 aliphatic heterocycles. The number of thioether (sulfide) groups is 1. The molecule has 0 saturated carbocycles. The van der Waals surface area contributed by atoms with Gasteiger partial charge in [0.05, 0.1) is 22.8 Å². The van der Waals surface area contributed by atoms with Crippen LogP contribution >= 0.6 is 11.8 Å². The van der Waals surface area contributed by atoms with Crippen LogP contribution in [-0.4, -0.2) is 32.4 Å². The zero-order chi connectivity index (χ0) is 12.0. The Labute approximate surface area is 103 Å². The van der Waals surface area contributed by atoms with Crippen molar-refractivity contribution in [2.75, 3.05) is 11.5 Å². The summed E-state index contributed by atoms with van der Waals surface area (Å²) in [5.74, 6) is 1.30. The summed E-state index contributed by atoms with van der Waals surface area (Å²) in [4.78, 5) is 10.9. The molecule has 0 spiro atoms. The highest BCUT2D eigenvalue weighted by Crippen LogP contribution is 2.32. The molecule has 17 heavy (non-hydrogen) atoms. The van der Waals surface area contributed by atoms with Crippen molar-refractivity contribution in [2.24, 2.45) is 0 Å². The van der Waals surface area contributed by atoms with Gasteiger partial charge < -0.3 is 5.11 Å². The molecule has 88 valence electrons. The third-order valence-corrected chi connectivity index (χ3v) is 4.35. The predicted octanol–water partition coefficient (Wildman–Crippen LogP) is 2.33. The Morgan fingerprint density at radius 2 is 2.29 bits per heavy atom. The molecule has 4 nitrogen and oxygen atoms in total. The van der Waals surface area contributed by atoms with E-state index in [1.807, 2.05) is 29.4 Å². The number of hydrogen-bond acceptors (Lipinski definition) is 3. The molecule has 2 heterocycles. The minimum absolute atomic E-state index is 0.322. The number of nitrogens with zero attached hydrogens (tertiary/aromatic N) is 2. The quantitative estimate of drug-likeness (QED) is 0.886. The van der Waals surface area contributed by atoms with Gasteiger partial charge in [-0.2, -0.15) is 16.9 Å². The SMILES string of the molecule is Cc1nn(C2CSC2)c2ccc(C(=O)O)cc12. The van der Waals surface area contributed by atoms with E-state index in [0.717, 1.165) is 28.1 Å². The summed E-state index contributed by atoms with van der Waals surface area (Å²) in [7, 11) is 0. The van der Waals surface area contributed by atoms with Gasteiger partial charge in [-0.25, -0.2) is 4.79 Å². The Balaban J connectivity index is 2.17. The summed E-state index contributed by atoms with van der Waals surface area (Å²) < 4.78 is 2.03. The van der Waals surface area contributed by atoms with Gasteiger partial charge in [0.15, 0.2) is 0 Å². The second kappa shape index (κ2) is 3.77. The highest BCUT2D eigenvalue weighted by atomic mass is 32.2. The Bertz CT molecular complexity index is 602. The minimum atomic E-state index is -0.891. The maximum atomic E-state index is 10.9. The first-order valence-electron chi connectivity index (χ1n) is 5.47. The number of carbonyl (C=O) groups is 1. The van der Waals surface area contributed by atoms with Crippen LogP contribution in [0.15, 0.2) is 18.2 Å². The number of carboxylic acids is 1. The first kappa shape index (κ1) is 10.7. The summed E-state index contributed by atoms with van der Waals surface area (Å²) in [5, 5.41) is 14.4. The van der Waals surface area contributed by atoms with Crippen LogP contribution in [-0.2, 0) is 0 Å². The lowest BCUT2D eigenvalue weighted by Crippen LogP contribution is -2.23. The number of benzene rings is 1. The molecule has 1 aromatic carbocycles. The summed E-state index contributed by atoms with van der Waals surface area (Å²) >= 11 is 1.91. The van der Waals surface area contributed by atoms with Gasteiger partial charge in [0.25, 0.3) is 0 Å². The average Bonchev–Trinajstić information content (AvgIpc) is 2.54. The molecule has 1 N–H and O–H groups in total. The Hall–Kier alpha value is -1.49. The number of aryl methyl sites for hydroxylation is 1. The third-order valence-electron chi connectivity index (χ3n) is 3.10. The predicted molar refractivity (Wildman–Crippen MR) is 67.8 cm³/mol. The molecule has 0 unspecified atom stereocenters. The molecule has 0 aliphatic carbocycles. The van der Waals surface area contributed by atoms with Crippen LogP contribution in [0, 0.1) is 6.92 Å². The van der Waals surface area contributed by atoms with Crippen molar-refractivity contribution < 1.29 is 9.90 Å². The number of aromatic carboxylic acids is 1. The van der Waals surface area contributed by atoms with Gasteiger partial charge in [0.1, 0.15) is 0 Å². The van der Waals surface area contributed by atoms with Crippen LogP contribution in [0.1, 0.15) is 22.1 Å². The van der Waals surface area contributed by atoms with E-state index in [1.54, 1.807) is 12.1 Å². The van der Waals surface area contributed by atoms with Crippen LogP contribution in [0.4, 0.5) is 0 Å². The Morgan fingerprint density at radius 3 is 2.88 bits per heavy atom. The van der Waals surface area contributed by atoms with Gasteiger partial charge in [-0.3, -0.25) is 4.68 Å². The molecular weight excluding hydrogens is 236 g/mol. The number of hydrogen-bond donors (Lipinski definition) is 1. The van der Waals surface area contributed by atoms with Crippen LogP contribution in [0.5, 0.6) is 0 Å². The first-order valence-corrected chi connectivity index (χ1v) is 6.62. The fourth-order valence-electron chi connectivity index (χ4n) is 2.07. The lowest BCUT2D eigenvalue weighted by Gasteiger charge is -2.25. The Kier molecular flexibility index (Phi) is 2.36. The highest BCUT2D eigenvalue weighted by molar-refractivity contribution is 8.00. The van der Waals surface area contributed by atoms with Gasteiger partial charge in [-0.05, 0) is 25.1 Å². The third kappa shape index (κ3) is 1.61. The average molecular weight is 248 g/mol. The lowest BCUT2D eigenvalue weighted by molar-refractivity contribution is 0.0697. The molecule has 0 bridgehead atoms. The molecule has 3 rings (SSSR count). The summed E-state index contributed by atoms with van der Waals surface area (Å²) in [5.41, 5.74) is 2.26. The summed E-state index contributed by atoms with van der Waals surface area (Å²) in [6.45, 7) is 1.93. The van der Waals surface area contributed by atoms with Crippen molar-refractivity contribution in [3.05, 3.63) is 29.5 Å². The fourth-order valence-corrected chi connectivity index (χ4v) is 2.80. The fraction of sp³-hybridized carbons (Fsp3) is 0.333. The van der Waals surface area contributed by atoms with E-state index in [4.69, 9.17) is 5.11 Å². The highest BCUT2D eigenvalue weighted by Gasteiger charge is 2.23. The molecule has 2 aromatic rings. The van der Waals surface area contributed by atoms with Crippen LogP contribution in [0.2, 0.25) is 0 Å². The van der Waals surface area contributed by atoms with Gasteiger partial charge in [-0.15, -0.1) is 0 Å². The smallest absolute Gasteiger partial charge is 0.335 e. The normalized spacial score (nSPS) is 16.1. The van der Waals surface area contributed by atoms with Gasteiger partial charge in [0, 0.05) is 16.9 Å². The Morgan fingerprint density at radius 1 is 1.53 bits per heavy atom. The van der Waals surface area contributed by atoms with Crippen molar-refractivity contribution >= 4 is 28.6 Å². The topological polar surface area (TPSA) is 55.1 Å². The largest absolute Gasteiger partial charge is 0.478 e. The summed E-state index contributed by atoms with van der Waals surface area (Å²) in [6, 6.07) is 5.69. The molecule has 0 radical (unpaired) electrons. The molecule has 5 heteroatoms. The van der Waals surface area contributed by atoms with E-state index in [1.165, 1.54) is 0 Å². The minimum Gasteiger partial charge on any atom is -0.478 e. The zero-order valence-corrected chi connectivity index (χ0v) is 10.2. The van der Waals surface area contributed by atoms with E-state index in [9.17, 15) is 4.79 Å². The molecule has 1 saturated heterocycles. The van der Waals surface area contributed by atoms with E-state index < -0.39 is 5.97 Å². The first-order chi connectivity index (χ1) is 8.16. The molecule has 1 fully saturated rings. The zero-order valence-electron chi connectivity index (χ0n) is 9.38. The van der Waals surface area contributed by atoms with Crippen LogP contribution in [0.3, 0.4) is 0 Å². The number of rotatable bonds is 2. The van der Waals surface area contributed by atoms with Crippen molar-refractivity contribution in [3.8, 4) is 0 Å². The molecule has 1 aromatic heterocycles. The van der Waals surface area contributed by atoms with Crippen molar-refractivity contribution in [1.82, 2.24) is 9.78 Å². The number of fused-ring (bicyclic) bond motifs is 1. The van der Waals surface area contributed by atoms with Gasteiger partial charge in [-0.1, -0.05) is 0 Å². The van der Waals surface area contributed by atoms with Crippen molar-refractivity contribution in [2.45, 2.75) is 13.0 Å². The second-order valence-electron chi connectivity index (χ2n) is 4.26. The maximum Gasteiger partial charge on any atom is 0.335 e. The van der Waals surface area contributed by atoms with E-state index in [0.29, 0.717) is 11.6 Å². The maximum absolute atomic E-state index is 10.9. The molecular formula is C12H12N2O2S. The lowest BCUT2D eigenvalue weighted by atomic mass is 10.1. The van der Waals surface area contributed by atoms with Crippen molar-refractivity contribution in [3.63, 3.8) is 0 Å². The van der Waals surface area contributed by atoms with Crippen LogP contribution in [0.25, 0.3) is 10.9 Å². The van der Waals surface area contributed by atoms with Crippen molar-refractivity contribution in [1.29, 1.82) is 0 Å². The van der Waals surface area contributed by atoms with E-state index >= 15 is 0 Å². The van der Waals surface area contributed by atoms with E-state index in [-0.39, 0.29) is 0 Å². The van der Waals surface area contributed by atoms with E-state index in [2.05, 4.69) is 5.10 Å². The standard InChI is InChI=1S/C12H12N2O2S/c1-7-10-4-8(12(15)16)2-3-11(10)14(13-7)9-5-17-6-9/h2-4,9H,5-6H2,1H3,(H,15,16). The number of carboxylic acid groups (broad SMARTS) is 1. The molecule has 0 amide bonds. The van der Waals surface area contributed by atoms with Gasteiger partial charge >= 0.3 is 5.97 Å². The monoisotopic (exact) mass is 248 g/mol. The van der Waals surface area contributed by atoms with Crippen LogP contribution < -0.4 is 0 Å². The molecule has 1 aliphatic rings.